The van der Waals surface area contributed by atoms with Crippen molar-refractivity contribution in [3.8, 4) is 6.07 Å². The van der Waals surface area contributed by atoms with Gasteiger partial charge in [0.25, 0.3) is 0 Å². The van der Waals surface area contributed by atoms with E-state index in [-0.39, 0.29) is 18.2 Å². The average molecular weight is 231 g/mol. The summed E-state index contributed by atoms with van der Waals surface area (Å²) in [5, 5.41) is 8.55. The largest absolute Gasteiger partial charge is 0.345 e. The summed E-state index contributed by atoms with van der Waals surface area (Å²) >= 11 is 0. The molecule has 0 saturated carbocycles. The van der Waals surface area contributed by atoms with E-state index in [9.17, 15) is 4.79 Å². The van der Waals surface area contributed by atoms with Crippen LogP contribution in [-0.2, 0) is 11.2 Å². The van der Waals surface area contributed by atoms with Crippen LogP contribution in [0.1, 0.15) is 18.9 Å². The molecule has 4 nitrogen and oxygen atoms in total. The van der Waals surface area contributed by atoms with Crippen LogP contribution in [0.2, 0.25) is 0 Å². The van der Waals surface area contributed by atoms with Crippen LogP contribution >= 0.6 is 0 Å². The molecule has 0 spiro atoms. The van der Waals surface area contributed by atoms with Gasteiger partial charge < -0.3 is 4.90 Å². The molecular formula is C13H17N3O. The Balaban J connectivity index is 2.42. The number of carbonyl (C=O) groups excluding carboxylic acids is 1. The van der Waals surface area contributed by atoms with E-state index in [0.717, 1.165) is 12.0 Å². The maximum absolute atomic E-state index is 11.8. The first kappa shape index (κ1) is 13.2. The minimum absolute atomic E-state index is 0.0283. The van der Waals surface area contributed by atoms with Gasteiger partial charge in [0.15, 0.2) is 0 Å². The number of pyridine rings is 1. The lowest BCUT2D eigenvalue weighted by molar-refractivity contribution is -0.133. The van der Waals surface area contributed by atoms with Gasteiger partial charge in [0.05, 0.1) is 6.07 Å². The molecule has 4 heteroatoms. The fraction of sp³-hybridized carbons (Fsp3) is 0.462. The van der Waals surface area contributed by atoms with Crippen LogP contribution in [0.5, 0.6) is 0 Å². The Morgan fingerprint density at radius 1 is 1.53 bits per heavy atom. The summed E-state index contributed by atoms with van der Waals surface area (Å²) in [6.45, 7) is 2.45. The Morgan fingerprint density at radius 2 is 2.18 bits per heavy atom. The van der Waals surface area contributed by atoms with Crippen molar-refractivity contribution in [3.05, 3.63) is 30.1 Å². The maximum atomic E-state index is 11.8. The van der Waals surface area contributed by atoms with Crippen LogP contribution in [-0.4, -0.2) is 29.4 Å². The second-order valence-corrected chi connectivity index (χ2v) is 4.13. The van der Waals surface area contributed by atoms with Crippen LogP contribution in [0.4, 0.5) is 0 Å². The predicted molar refractivity (Wildman–Crippen MR) is 65.0 cm³/mol. The van der Waals surface area contributed by atoms with Crippen molar-refractivity contribution in [2.24, 2.45) is 5.92 Å². The first-order chi connectivity index (χ1) is 8.15. The lowest BCUT2D eigenvalue weighted by Gasteiger charge is -2.20. The maximum Gasteiger partial charge on any atom is 0.226 e. The van der Waals surface area contributed by atoms with Gasteiger partial charge in [0.1, 0.15) is 0 Å². The standard InChI is InChI=1S/C13H17N3O/c1-11(3-7-14)13(17)16(2)10-6-12-4-8-15-9-5-12/h4-5,8-9,11H,3,6,10H2,1-2H3. The summed E-state index contributed by atoms with van der Waals surface area (Å²) in [6, 6.07) is 5.90. The third kappa shape index (κ3) is 4.23. The van der Waals surface area contributed by atoms with Crippen LogP contribution in [0.3, 0.4) is 0 Å². The number of hydrogen-bond donors (Lipinski definition) is 0. The molecule has 1 atom stereocenters. The van der Waals surface area contributed by atoms with E-state index in [1.165, 1.54) is 0 Å². The first-order valence-electron chi connectivity index (χ1n) is 5.66. The van der Waals surface area contributed by atoms with E-state index in [2.05, 4.69) is 4.98 Å². The van der Waals surface area contributed by atoms with Gasteiger partial charge in [0, 0.05) is 38.3 Å². The Bertz CT molecular complexity index is 397. The highest BCUT2D eigenvalue weighted by Gasteiger charge is 2.16. The SMILES string of the molecule is CC(CC#N)C(=O)N(C)CCc1ccncc1. The van der Waals surface area contributed by atoms with Gasteiger partial charge in [-0.05, 0) is 24.1 Å². The number of nitriles is 1. The highest BCUT2D eigenvalue weighted by molar-refractivity contribution is 5.78. The molecule has 0 aliphatic carbocycles. The zero-order chi connectivity index (χ0) is 12.7. The fourth-order valence-corrected chi connectivity index (χ4v) is 1.56. The fourth-order valence-electron chi connectivity index (χ4n) is 1.56. The number of rotatable bonds is 5. The molecule has 1 rings (SSSR count). The van der Waals surface area contributed by atoms with Crippen molar-refractivity contribution in [3.63, 3.8) is 0 Å². The molecule has 0 N–H and O–H groups in total. The van der Waals surface area contributed by atoms with Crippen molar-refractivity contribution < 1.29 is 4.79 Å². The van der Waals surface area contributed by atoms with E-state index in [1.54, 1.807) is 31.3 Å². The first-order valence-corrected chi connectivity index (χ1v) is 5.66. The Morgan fingerprint density at radius 3 is 2.76 bits per heavy atom. The summed E-state index contributed by atoms with van der Waals surface area (Å²) in [7, 11) is 1.78. The van der Waals surface area contributed by atoms with Crippen LogP contribution in [0.15, 0.2) is 24.5 Å². The summed E-state index contributed by atoms with van der Waals surface area (Å²) in [5.41, 5.74) is 1.16. The average Bonchev–Trinajstić information content (AvgIpc) is 2.36. The van der Waals surface area contributed by atoms with E-state index in [0.29, 0.717) is 6.54 Å². The zero-order valence-corrected chi connectivity index (χ0v) is 10.3. The summed E-state index contributed by atoms with van der Waals surface area (Å²) in [4.78, 5) is 17.4. The third-order valence-corrected chi connectivity index (χ3v) is 2.68. The smallest absolute Gasteiger partial charge is 0.226 e. The second kappa shape index (κ2) is 6.64. The van der Waals surface area contributed by atoms with E-state index >= 15 is 0 Å². The molecule has 1 aromatic rings. The number of amides is 1. The Hall–Kier alpha value is -1.89. The van der Waals surface area contributed by atoms with Crippen molar-refractivity contribution in [2.75, 3.05) is 13.6 Å². The lowest BCUT2D eigenvalue weighted by Crippen LogP contribution is -2.33. The van der Waals surface area contributed by atoms with Gasteiger partial charge in [-0.1, -0.05) is 6.92 Å². The van der Waals surface area contributed by atoms with Crippen molar-refractivity contribution in [2.45, 2.75) is 19.8 Å². The van der Waals surface area contributed by atoms with Crippen molar-refractivity contribution in [1.29, 1.82) is 5.26 Å². The number of nitrogens with zero attached hydrogens (tertiary/aromatic N) is 3. The topological polar surface area (TPSA) is 57.0 Å². The Kier molecular flexibility index (Phi) is 5.15. The zero-order valence-electron chi connectivity index (χ0n) is 10.3. The lowest BCUT2D eigenvalue weighted by atomic mass is 10.1. The van der Waals surface area contributed by atoms with Gasteiger partial charge in [-0.25, -0.2) is 0 Å². The van der Waals surface area contributed by atoms with Crippen molar-refractivity contribution >= 4 is 5.91 Å². The molecule has 17 heavy (non-hydrogen) atoms. The molecular weight excluding hydrogens is 214 g/mol. The molecule has 1 aromatic heterocycles. The number of carbonyl (C=O) groups is 1. The molecule has 0 fully saturated rings. The number of aromatic nitrogens is 1. The molecule has 1 unspecified atom stereocenters. The molecule has 0 saturated heterocycles. The molecule has 0 bridgehead atoms. The third-order valence-electron chi connectivity index (χ3n) is 2.68. The summed E-state index contributed by atoms with van der Waals surface area (Å²) in [6.07, 6.45) is 4.58. The van der Waals surface area contributed by atoms with Gasteiger partial charge in [0.2, 0.25) is 5.91 Å². The van der Waals surface area contributed by atoms with Crippen molar-refractivity contribution in [1.82, 2.24) is 9.88 Å². The van der Waals surface area contributed by atoms with E-state index in [4.69, 9.17) is 5.26 Å². The van der Waals surface area contributed by atoms with Crippen LogP contribution in [0, 0.1) is 17.2 Å². The Labute approximate surface area is 102 Å². The molecule has 0 radical (unpaired) electrons. The molecule has 0 aliphatic heterocycles. The summed E-state index contributed by atoms with van der Waals surface area (Å²) < 4.78 is 0. The molecule has 0 aromatic carbocycles. The van der Waals surface area contributed by atoms with Crippen LogP contribution in [0.25, 0.3) is 0 Å². The van der Waals surface area contributed by atoms with Crippen LogP contribution < -0.4 is 0 Å². The monoisotopic (exact) mass is 231 g/mol. The second-order valence-electron chi connectivity index (χ2n) is 4.13. The minimum atomic E-state index is -0.220. The predicted octanol–water partition coefficient (Wildman–Crippen LogP) is 1.63. The van der Waals surface area contributed by atoms with Gasteiger partial charge in [-0.3, -0.25) is 9.78 Å². The van der Waals surface area contributed by atoms with Gasteiger partial charge in [-0.2, -0.15) is 5.26 Å². The minimum Gasteiger partial charge on any atom is -0.345 e. The van der Waals surface area contributed by atoms with Gasteiger partial charge in [-0.15, -0.1) is 0 Å². The normalized spacial score (nSPS) is 11.6. The van der Waals surface area contributed by atoms with E-state index in [1.807, 2.05) is 18.2 Å². The number of hydrogen-bond acceptors (Lipinski definition) is 3. The molecule has 1 amide bonds. The molecule has 0 aliphatic rings. The quantitative estimate of drug-likeness (QED) is 0.774. The van der Waals surface area contributed by atoms with E-state index < -0.39 is 0 Å². The number of likely N-dealkylation sites (N-methyl/N-ethyl adjacent to an activating group) is 1. The highest BCUT2D eigenvalue weighted by atomic mass is 16.2. The van der Waals surface area contributed by atoms with Gasteiger partial charge >= 0.3 is 0 Å². The molecule has 1 heterocycles. The molecule has 90 valence electrons. The highest BCUT2D eigenvalue weighted by Crippen LogP contribution is 2.06. The summed E-state index contributed by atoms with van der Waals surface area (Å²) in [5.74, 6) is -0.192.